The first kappa shape index (κ1) is 11.6. The van der Waals surface area contributed by atoms with Crippen molar-refractivity contribution in [3.8, 4) is 0 Å². The molecule has 0 aliphatic carbocycles. The van der Waals surface area contributed by atoms with Crippen LogP contribution in [0, 0.1) is 0 Å². The van der Waals surface area contributed by atoms with Gasteiger partial charge in [0.2, 0.25) is 0 Å². The summed E-state index contributed by atoms with van der Waals surface area (Å²) in [6.45, 7) is 2.89. The van der Waals surface area contributed by atoms with Gasteiger partial charge >= 0.3 is 0 Å². The standard InChI is InChI=1S/C14H17N3/c1-11(12-6-4-8-16-9-12)17-10-13-5-2-3-7-14(13)15/h2-9,11,17H,10,15H2,1H3/t11-/m0/s1. The van der Waals surface area contributed by atoms with E-state index in [1.807, 2.05) is 36.5 Å². The van der Waals surface area contributed by atoms with Crippen molar-refractivity contribution in [1.82, 2.24) is 10.3 Å². The summed E-state index contributed by atoms with van der Waals surface area (Å²) in [6.07, 6.45) is 3.66. The van der Waals surface area contributed by atoms with Gasteiger partial charge in [-0.25, -0.2) is 0 Å². The SMILES string of the molecule is C[C@H](NCc1ccccc1N)c1cccnc1. The van der Waals surface area contributed by atoms with Crippen LogP contribution in [0.1, 0.15) is 24.1 Å². The maximum atomic E-state index is 5.89. The third-order valence-corrected chi connectivity index (χ3v) is 2.84. The largest absolute Gasteiger partial charge is 0.398 e. The molecular weight excluding hydrogens is 210 g/mol. The molecule has 1 atom stereocenters. The van der Waals surface area contributed by atoms with Crippen molar-refractivity contribution in [1.29, 1.82) is 0 Å². The van der Waals surface area contributed by atoms with Crippen molar-refractivity contribution in [2.45, 2.75) is 19.5 Å². The van der Waals surface area contributed by atoms with Gasteiger partial charge in [0.05, 0.1) is 0 Å². The highest BCUT2D eigenvalue weighted by Gasteiger charge is 2.05. The molecule has 0 saturated heterocycles. The van der Waals surface area contributed by atoms with Crippen molar-refractivity contribution in [3.63, 3.8) is 0 Å². The van der Waals surface area contributed by atoms with Crippen molar-refractivity contribution in [2.75, 3.05) is 5.73 Å². The zero-order valence-electron chi connectivity index (χ0n) is 9.93. The Balaban J connectivity index is 1.97. The molecule has 88 valence electrons. The van der Waals surface area contributed by atoms with Crippen molar-refractivity contribution in [3.05, 3.63) is 59.9 Å². The number of pyridine rings is 1. The number of nitrogens with zero attached hydrogens (tertiary/aromatic N) is 1. The monoisotopic (exact) mass is 227 g/mol. The molecule has 3 N–H and O–H groups in total. The van der Waals surface area contributed by atoms with Crippen molar-refractivity contribution < 1.29 is 0 Å². The smallest absolute Gasteiger partial charge is 0.0359 e. The lowest BCUT2D eigenvalue weighted by Crippen LogP contribution is -2.18. The zero-order chi connectivity index (χ0) is 12.1. The summed E-state index contributed by atoms with van der Waals surface area (Å²) in [6, 6.07) is 12.2. The van der Waals surface area contributed by atoms with Gasteiger partial charge in [-0.15, -0.1) is 0 Å². The summed E-state index contributed by atoms with van der Waals surface area (Å²) in [4.78, 5) is 4.11. The van der Waals surface area contributed by atoms with Crippen LogP contribution in [0.25, 0.3) is 0 Å². The normalized spacial score (nSPS) is 12.3. The van der Waals surface area contributed by atoms with Crippen LogP contribution in [-0.2, 0) is 6.54 Å². The van der Waals surface area contributed by atoms with Crippen LogP contribution in [0.3, 0.4) is 0 Å². The first-order chi connectivity index (χ1) is 8.27. The molecule has 0 saturated carbocycles. The lowest BCUT2D eigenvalue weighted by Gasteiger charge is -2.14. The predicted molar refractivity (Wildman–Crippen MR) is 70.3 cm³/mol. The Bertz CT molecular complexity index is 468. The fourth-order valence-electron chi connectivity index (χ4n) is 1.71. The molecular formula is C14H17N3. The second-order valence-corrected chi connectivity index (χ2v) is 4.09. The Morgan fingerprint density at radius 1 is 1.24 bits per heavy atom. The highest BCUT2D eigenvalue weighted by molar-refractivity contribution is 5.46. The van der Waals surface area contributed by atoms with E-state index in [-0.39, 0.29) is 6.04 Å². The van der Waals surface area contributed by atoms with Crippen LogP contribution in [0.4, 0.5) is 5.69 Å². The Kier molecular flexibility index (Phi) is 3.73. The van der Waals surface area contributed by atoms with E-state index in [0.29, 0.717) is 0 Å². The van der Waals surface area contributed by atoms with Gasteiger partial charge in [0.15, 0.2) is 0 Å². The number of para-hydroxylation sites is 1. The van der Waals surface area contributed by atoms with Crippen LogP contribution in [-0.4, -0.2) is 4.98 Å². The number of hydrogen-bond acceptors (Lipinski definition) is 3. The highest BCUT2D eigenvalue weighted by atomic mass is 14.9. The summed E-state index contributed by atoms with van der Waals surface area (Å²) in [5.41, 5.74) is 9.04. The van der Waals surface area contributed by atoms with Gasteiger partial charge in [-0.2, -0.15) is 0 Å². The van der Waals surface area contributed by atoms with Gasteiger partial charge in [-0.3, -0.25) is 4.98 Å². The Labute approximate surface area is 102 Å². The average molecular weight is 227 g/mol. The molecule has 0 aliphatic rings. The molecule has 17 heavy (non-hydrogen) atoms. The second kappa shape index (κ2) is 5.46. The molecule has 0 spiro atoms. The van der Waals surface area contributed by atoms with Gasteiger partial charge in [0, 0.05) is 30.7 Å². The van der Waals surface area contributed by atoms with Gasteiger partial charge in [-0.05, 0) is 30.2 Å². The third-order valence-electron chi connectivity index (χ3n) is 2.84. The molecule has 1 aromatic carbocycles. The molecule has 2 rings (SSSR count). The van der Waals surface area contributed by atoms with Crippen LogP contribution < -0.4 is 11.1 Å². The second-order valence-electron chi connectivity index (χ2n) is 4.09. The molecule has 2 aromatic rings. The molecule has 0 amide bonds. The summed E-state index contributed by atoms with van der Waals surface area (Å²) in [5, 5.41) is 3.44. The van der Waals surface area contributed by atoms with Crippen LogP contribution >= 0.6 is 0 Å². The molecule has 0 radical (unpaired) electrons. The number of nitrogens with two attached hydrogens (primary N) is 1. The minimum absolute atomic E-state index is 0.267. The van der Waals surface area contributed by atoms with E-state index >= 15 is 0 Å². The number of aromatic nitrogens is 1. The molecule has 0 bridgehead atoms. The lowest BCUT2D eigenvalue weighted by molar-refractivity contribution is 0.574. The molecule has 3 heteroatoms. The Morgan fingerprint density at radius 3 is 2.76 bits per heavy atom. The van der Waals surface area contributed by atoms with E-state index < -0.39 is 0 Å². The molecule has 3 nitrogen and oxygen atoms in total. The van der Waals surface area contributed by atoms with Gasteiger partial charge in [0.1, 0.15) is 0 Å². The quantitative estimate of drug-likeness (QED) is 0.789. The van der Waals surface area contributed by atoms with Crippen molar-refractivity contribution in [2.24, 2.45) is 0 Å². The predicted octanol–water partition coefficient (Wildman–Crippen LogP) is 2.51. The zero-order valence-corrected chi connectivity index (χ0v) is 9.93. The minimum Gasteiger partial charge on any atom is -0.398 e. The first-order valence-corrected chi connectivity index (χ1v) is 5.74. The maximum Gasteiger partial charge on any atom is 0.0359 e. The van der Waals surface area contributed by atoms with Gasteiger partial charge in [0.25, 0.3) is 0 Å². The molecule has 0 unspecified atom stereocenters. The first-order valence-electron chi connectivity index (χ1n) is 5.74. The Morgan fingerprint density at radius 2 is 2.06 bits per heavy atom. The van der Waals surface area contributed by atoms with Crippen molar-refractivity contribution >= 4 is 5.69 Å². The van der Waals surface area contributed by atoms with Crippen LogP contribution in [0.15, 0.2) is 48.8 Å². The maximum absolute atomic E-state index is 5.89. The van der Waals surface area contributed by atoms with Crippen LogP contribution in [0.5, 0.6) is 0 Å². The Hall–Kier alpha value is -1.87. The minimum atomic E-state index is 0.267. The number of anilines is 1. The van der Waals surface area contributed by atoms with E-state index in [1.165, 1.54) is 5.56 Å². The topological polar surface area (TPSA) is 50.9 Å². The highest BCUT2D eigenvalue weighted by Crippen LogP contribution is 2.14. The lowest BCUT2D eigenvalue weighted by atomic mass is 10.1. The van der Waals surface area contributed by atoms with E-state index in [0.717, 1.165) is 17.8 Å². The third kappa shape index (κ3) is 3.04. The average Bonchev–Trinajstić information content (AvgIpc) is 2.38. The summed E-state index contributed by atoms with van der Waals surface area (Å²) >= 11 is 0. The number of nitrogens with one attached hydrogen (secondary N) is 1. The summed E-state index contributed by atoms with van der Waals surface area (Å²) in [7, 11) is 0. The molecule has 0 aliphatic heterocycles. The van der Waals surface area contributed by atoms with E-state index in [4.69, 9.17) is 5.73 Å². The fraction of sp³-hybridized carbons (Fsp3) is 0.214. The van der Waals surface area contributed by atoms with Gasteiger partial charge in [-0.1, -0.05) is 24.3 Å². The summed E-state index contributed by atoms with van der Waals surface area (Å²) in [5.74, 6) is 0. The number of nitrogen functional groups attached to an aromatic ring is 1. The van der Waals surface area contributed by atoms with Gasteiger partial charge < -0.3 is 11.1 Å². The van der Waals surface area contributed by atoms with Crippen LogP contribution in [0.2, 0.25) is 0 Å². The molecule has 1 aromatic heterocycles. The fourth-order valence-corrected chi connectivity index (χ4v) is 1.71. The number of benzene rings is 1. The summed E-state index contributed by atoms with van der Waals surface area (Å²) < 4.78 is 0. The number of hydrogen-bond donors (Lipinski definition) is 2. The van der Waals surface area contributed by atoms with E-state index in [1.54, 1.807) is 6.20 Å². The van der Waals surface area contributed by atoms with E-state index in [2.05, 4.69) is 23.3 Å². The molecule has 0 fully saturated rings. The molecule has 1 heterocycles. The van der Waals surface area contributed by atoms with E-state index in [9.17, 15) is 0 Å². The number of rotatable bonds is 4.